The monoisotopic (exact) mass is 211 g/mol. The third kappa shape index (κ3) is 3.24. The maximum atomic E-state index is 11.8. The lowest BCUT2D eigenvalue weighted by Crippen LogP contribution is -2.17. The largest absolute Gasteiger partial charge is 0.330 e. The van der Waals surface area contributed by atoms with Gasteiger partial charge in [0.15, 0.2) is 0 Å². The smallest absolute Gasteiger partial charge is 0.0532 e. The van der Waals surface area contributed by atoms with E-state index in [2.05, 4.69) is 0 Å². The first-order valence-corrected chi connectivity index (χ1v) is 6.10. The van der Waals surface area contributed by atoms with Gasteiger partial charge in [0, 0.05) is 10.6 Å². The predicted octanol–water partition coefficient (Wildman–Crippen LogP) is 1.70. The summed E-state index contributed by atoms with van der Waals surface area (Å²) >= 11 is 0. The third-order valence-corrected chi connectivity index (χ3v) is 3.79. The van der Waals surface area contributed by atoms with Crippen LogP contribution in [-0.4, -0.2) is 16.5 Å². The zero-order valence-corrected chi connectivity index (χ0v) is 9.51. The molecule has 1 aromatic rings. The first-order chi connectivity index (χ1) is 6.63. The maximum Gasteiger partial charge on any atom is 0.0532 e. The molecule has 14 heavy (non-hydrogen) atoms. The van der Waals surface area contributed by atoms with E-state index in [9.17, 15) is 4.21 Å². The van der Waals surface area contributed by atoms with Crippen LogP contribution in [0.1, 0.15) is 12.5 Å². The minimum atomic E-state index is -0.902. The summed E-state index contributed by atoms with van der Waals surface area (Å²) in [5.74, 6) is 0.969. The van der Waals surface area contributed by atoms with E-state index >= 15 is 0 Å². The Kier molecular flexibility index (Phi) is 4.29. The molecule has 0 radical (unpaired) electrons. The van der Waals surface area contributed by atoms with Crippen molar-refractivity contribution in [1.29, 1.82) is 0 Å². The SMILES string of the molecule is Cc1ccc(S(=O)CC(C)CN)cc1. The lowest BCUT2D eigenvalue weighted by molar-refractivity contribution is 0.641. The second-order valence-corrected chi connectivity index (χ2v) is 5.16. The van der Waals surface area contributed by atoms with Crippen molar-refractivity contribution in [3.05, 3.63) is 29.8 Å². The van der Waals surface area contributed by atoms with E-state index < -0.39 is 10.8 Å². The first-order valence-electron chi connectivity index (χ1n) is 4.78. The summed E-state index contributed by atoms with van der Waals surface area (Å²) < 4.78 is 11.8. The highest BCUT2D eigenvalue weighted by Crippen LogP contribution is 2.10. The molecule has 0 saturated carbocycles. The molecule has 78 valence electrons. The Morgan fingerprint density at radius 1 is 1.36 bits per heavy atom. The molecule has 0 aliphatic rings. The summed E-state index contributed by atoms with van der Waals surface area (Å²) in [5, 5.41) is 0. The van der Waals surface area contributed by atoms with Crippen molar-refractivity contribution in [3.8, 4) is 0 Å². The van der Waals surface area contributed by atoms with Crippen molar-refractivity contribution in [2.24, 2.45) is 11.7 Å². The van der Waals surface area contributed by atoms with Crippen LogP contribution in [0.4, 0.5) is 0 Å². The van der Waals surface area contributed by atoms with Gasteiger partial charge < -0.3 is 5.73 Å². The van der Waals surface area contributed by atoms with Crippen LogP contribution in [0.2, 0.25) is 0 Å². The van der Waals surface area contributed by atoms with E-state index in [-0.39, 0.29) is 0 Å². The standard InChI is InChI=1S/C11H17NOS/c1-9-3-5-11(6-4-9)14(13)8-10(2)7-12/h3-6,10H,7-8,12H2,1-2H3. The topological polar surface area (TPSA) is 43.1 Å². The van der Waals surface area contributed by atoms with Crippen LogP contribution in [0.25, 0.3) is 0 Å². The Labute approximate surface area is 88.0 Å². The molecule has 0 aromatic heterocycles. The molecule has 0 fully saturated rings. The van der Waals surface area contributed by atoms with Gasteiger partial charge in [-0.15, -0.1) is 0 Å². The number of nitrogens with two attached hydrogens (primary N) is 1. The first kappa shape index (κ1) is 11.4. The van der Waals surface area contributed by atoms with Gasteiger partial charge in [-0.2, -0.15) is 0 Å². The highest BCUT2D eigenvalue weighted by atomic mass is 32.2. The normalized spacial score (nSPS) is 15.1. The van der Waals surface area contributed by atoms with Crippen molar-refractivity contribution in [1.82, 2.24) is 0 Å². The average Bonchev–Trinajstić information content (AvgIpc) is 2.18. The zero-order valence-electron chi connectivity index (χ0n) is 8.69. The molecular formula is C11H17NOS. The molecule has 2 N–H and O–H groups in total. The quantitative estimate of drug-likeness (QED) is 0.823. The number of hydrogen-bond donors (Lipinski definition) is 1. The van der Waals surface area contributed by atoms with E-state index in [0.717, 1.165) is 4.90 Å². The minimum absolute atomic E-state index is 0.317. The summed E-state index contributed by atoms with van der Waals surface area (Å²) in [5.41, 5.74) is 6.68. The summed E-state index contributed by atoms with van der Waals surface area (Å²) in [7, 11) is -0.902. The second-order valence-electron chi connectivity index (χ2n) is 3.67. The van der Waals surface area contributed by atoms with Crippen molar-refractivity contribution < 1.29 is 4.21 Å². The minimum Gasteiger partial charge on any atom is -0.330 e. The number of benzene rings is 1. The van der Waals surface area contributed by atoms with E-state index in [1.54, 1.807) is 0 Å². The van der Waals surface area contributed by atoms with Gasteiger partial charge in [0.05, 0.1) is 10.8 Å². The molecular weight excluding hydrogens is 194 g/mol. The molecule has 0 aliphatic carbocycles. The second kappa shape index (κ2) is 5.27. The van der Waals surface area contributed by atoms with Crippen molar-refractivity contribution in [2.45, 2.75) is 18.7 Å². The summed E-state index contributed by atoms with van der Waals surface area (Å²) in [6, 6.07) is 7.82. The Balaban J connectivity index is 2.65. The Hall–Kier alpha value is -0.670. The molecule has 0 spiro atoms. The lowest BCUT2D eigenvalue weighted by Gasteiger charge is -2.07. The number of aryl methyl sites for hydroxylation is 1. The van der Waals surface area contributed by atoms with E-state index in [4.69, 9.17) is 5.73 Å². The average molecular weight is 211 g/mol. The third-order valence-electron chi connectivity index (χ3n) is 2.12. The van der Waals surface area contributed by atoms with Gasteiger partial charge >= 0.3 is 0 Å². The van der Waals surface area contributed by atoms with Crippen LogP contribution in [0.5, 0.6) is 0 Å². The fourth-order valence-electron chi connectivity index (χ4n) is 1.11. The van der Waals surface area contributed by atoms with Gasteiger partial charge in [0.25, 0.3) is 0 Å². The van der Waals surface area contributed by atoms with Gasteiger partial charge in [-0.25, -0.2) is 0 Å². The van der Waals surface area contributed by atoms with Crippen molar-refractivity contribution >= 4 is 10.8 Å². The fraction of sp³-hybridized carbons (Fsp3) is 0.455. The van der Waals surface area contributed by atoms with Crippen molar-refractivity contribution in [3.63, 3.8) is 0 Å². The highest BCUT2D eigenvalue weighted by Gasteiger charge is 2.07. The maximum absolute atomic E-state index is 11.8. The molecule has 1 rings (SSSR count). The predicted molar refractivity (Wildman–Crippen MR) is 60.7 cm³/mol. The molecule has 0 saturated heterocycles. The van der Waals surface area contributed by atoms with Crippen LogP contribution in [0.15, 0.2) is 29.2 Å². The van der Waals surface area contributed by atoms with Crippen LogP contribution in [0.3, 0.4) is 0 Å². The zero-order chi connectivity index (χ0) is 10.6. The Morgan fingerprint density at radius 3 is 2.43 bits per heavy atom. The molecule has 3 heteroatoms. The van der Waals surface area contributed by atoms with Crippen LogP contribution < -0.4 is 5.73 Å². The molecule has 1 aromatic carbocycles. The molecule has 0 heterocycles. The molecule has 2 atom stereocenters. The Bertz CT molecular complexity index is 308. The summed E-state index contributed by atoms with van der Waals surface area (Å²) in [6.45, 7) is 4.64. The van der Waals surface area contributed by atoms with Crippen LogP contribution in [-0.2, 0) is 10.8 Å². The Morgan fingerprint density at radius 2 is 1.93 bits per heavy atom. The van der Waals surface area contributed by atoms with Gasteiger partial charge in [-0.3, -0.25) is 4.21 Å². The fourth-order valence-corrected chi connectivity index (χ4v) is 2.40. The molecule has 0 aliphatic heterocycles. The number of rotatable bonds is 4. The van der Waals surface area contributed by atoms with Gasteiger partial charge in [-0.1, -0.05) is 24.6 Å². The number of hydrogen-bond acceptors (Lipinski definition) is 2. The van der Waals surface area contributed by atoms with Crippen LogP contribution in [0, 0.1) is 12.8 Å². The highest BCUT2D eigenvalue weighted by molar-refractivity contribution is 7.85. The summed E-state index contributed by atoms with van der Waals surface area (Å²) in [6.07, 6.45) is 0. The van der Waals surface area contributed by atoms with Gasteiger partial charge in [-0.05, 0) is 31.5 Å². The summed E-state index contributed by atoms with van der Waals surface area (Å²) in [4.78, 5) is 0.899. The van der Waals surface area contributed by atoms with Gasteiger partial charge in [0.1, 0.15) is 0 Å². The van der Waals surface area contributed by atoms with Crippen LogP contribution >= 0.6 is 0 Å². The van der Waals surface area contributed by atoms with E-state index in [1.807, 2.05) is 38.1 Å². The molecule has 2 nitrogen and oxygen atoms in total. The van der Waals surface area contributed by atoms with Gasteiger partial charge in [0.2, 0.25) is 0 Å². The molecule has 0 bridgehead atoms. The lowest BCUT2D eigenvalue weighted by atomic mass is 10.2. The van der Waals surface area contributed by atoms with E-state index in [1.165, 1.54) is 5.56 Å². The van der Waals surface area contributed by atoms with Crippen molar-refractivity contribution in [2.75, 3.05) is 12.3 Å². The van der Waals surface area contributed by atoms with E-state index in [0.29, 0.717) is 18.2 Å². The molecule has 0 amide bonds. The molecule has 2 unspecified atom stereocenters.